The number of hydrogen-bond donors (Lipinski definition) is 2. The van der Waals surface area contributed by atoms with Gasteiger partial charge in [-0.15, -0.1) is 0 Å². The molecule has 0 bridgehead atoms. The molecular weight excluding hydrogens is 178 g/mol. The first-order chi connectivity index (χ1) is 6.70. The number of nitrogens with one attached hydrogen (secondary N) is 1. The van der Waals surface area contributed by atoms with Crippen molar-refractivity contribution >= 4 is 22.4 Å². The summed E-state index contributed by atoms with van der Waals surface area (Å²) in [7, 11) is 0. The number of carbonyl (C=O) groups is 1. The molecule has 0 unspecified atom stereocenters. The molecule has 0 fully saturated rings. The number of rotatable bonds is 2. The van der Waals surface area contributed by atoms with Gasteiger partial charge < -0.3 is 10.1 Å². The number of fused-ring (bicyclic) bond motifs is 1. The maximum atomic E-state index is 10.8. The van der Waals surface area contributed by atoms with Crippen molar-refractivity contribution in [1.82, 2.24) is 4.98 Å². The first-order valence-electron chi connectivity index (χ1n) is 4.19. The smallest absolute Gasteiger partial charge is 0.335 e. The van der Waals surface area contributed by atoms with Crippen molar-refractivity contribution in [3.63, 3.8) is 0 Å². The monoisotopic (exact) mass is 187 g/mol. The highest BCUT2D eigenvalue weighted by atomic mass is 16.4. The van der Waals surface area contributed by atoms with E-state index in [9.17, 15) is 4.79 Å². The zero-order chi connectivity index (χ0) is 10.1. The van der Waals surface area contributed by atoms with E-state index in [-0.39, 0.29) is 5.57 Å². The summed E-state index contributed by atoms with van der Waals surface area (Å²) in [4.78, 5) is 13.8. The SMILES string of the molecule is C=C(C(=O)O)c1cccc2cc[nH]c12. The van der Waals surface area contributed by atoms with E-state index in [1.165, 1.54) is 0 Å². The summed E-state index contributed by atoms with van der Waals surface area (Å²) in [5.41, 5.74) is 1.57. The van der Waals surface area contributed by atoms with Gasteiger partial charge in [-0.2, -0.15) is 0 Å². The average Bonchev–Trinajstić information content (AvgIpc) is 2.63. The van der Waals surface area contributed by atoms with Gasteiger partial charge in [-0.25, -0.2) is 4.79 Å². The van der Waals surface area contributed by atoms with Crippen molar-refractivity contribution in [2.45, 2.75) is 0 Å². The largest absolute Gasteiger partial charge is 0.478 e. The predicted octanol–water partition coefficient (Wildman–Crippen LogP) is 2.27. The summed E-state index contributed by atoms with van der Waals surface area (Å²) in [6.07, 6.45) is 1.78. The summed E-state index contributed by atoms with van der Waals surface area (Å²) in [6.45, 7) is 3.53. The maximum absolute atomic E-state index is 10.8. The number of aromatic nitrogens is 1. The topological polar surface area (TPSA) is 53.1 Å². The van der Waals surface area contributed by atoms with Crippen LogP contribution < -0.4 is 0 Å². The molecule has 70 valence electrons. The van der Waals surface area contributed by atoms with Gasteiger partial charge in [-0.1, -0.05) is 24.8 Å². The minimum Gasteiger partial charge on any atom is -0.478 e. The number of aliphatic carboxylic acids is 1. The lowest BCUT2D eigenvalue weighted by Crippen LogP contribution is -1.98. The molecule has 3 nitrogen and oxygen atoms in total. The molecule has 0 aliphatic heterocycles. The van der Waals surface area contributed by atoms with E-state index < -0.39 is 5.97 Å². The van der Waals surface area contributed by atoms with E-state index in [1.54, 1.807) is 12.3 Å². The van der Waals surface area contributed by atoms with Gasteiger partial charge in [-0.05, 0) is 11.5 Å². The molecule has 1 aromatic heterocycles. The first-order valence-corrected chi connectivity index (χ1v) is 4.19. The molecular formula is C11H9NO2. The van der Waals surface area contributed by atoms with Crippen LogP contribution in [0.15, 0.2) is 37.0 Å². The summed E-state index contributed by atoms with van der Waals surface area (Å²) in [5, 5.41) is 9.81. The molecule has 1 heterocycles. The molecule has 0 aliphatic rings. The molecule has 0 amide bonds. The lowest BCUT2D eigenvalue weighted by Gasteiger charge is -2.01. The summed E-state index contributed by atoms with van der Waals surface area (Å²) in [6, 6.07) is 7.38. The van der Waals surface area contributed by atoms with E-state index >= 15 is 0 Å². The highest BCUT2D eigenvalue weighted by Gasteiger charge is 2.10. The zero-order valence-corrected chi connectivity index (χ0v) is 7.45. The fourth-order valence-electron chi connectivity index (χ4n) is 1.45. The highest BCUT2D eigenvalue weighted by Crippen LogP contribution is 2.22. The van der Waals surface area contributed by atoms with Crippen LogP contribution in [0.4, 0.5) is 0 Å². The van der Waals surface area contributed by atoms with Crippen molar-refractivity contribution < 1.29 is 9.90 Å². The second-order valence-corrected chi connectivity index (χ2v) is 3.03. The molecule has 2 rings (SSSR count). The normalized spacial score (nSPS) is 10.3. The molecule has 0 saturated carbocycles. The Morgan fingerprint density at radius 3 is 2.86 bits per heavy atom. The number of H-pyrrole nitrogens is 1. The summed E-state index contributed by atoms with van der Waals surface area (Å²) >= 11 is 0. The van der Waals surface area contributed by atoms with Crippen molar-refractivity contribution in [3.05, 3.63) is 42.6 Å². The Kier molecular flexibility index (Phi) is 1.85. The lowest BCUT2D eigenvalue weighted by molar-refractivity contribution is -0.130. The van der Waals surface area contributed by atoms with E-state index in [2.05, 4.69) is 11.6 Å². The maximum Gasteiger partial charge on any atom is 0.335 e. The van der Waals surface area contributed by atoms with Gasteiger partial charge in [0.1, 0.15) is 0 Å². The Morgan fingerprint density at radius 2 is 2.14 bits per heavy atom. The van der Waals surface area contributed by atoms with Crippen molar-refractivity contribution in [2.24, 2.45) is 0 Å². The quantitative estimate of drug-likeness (QED) is 0.708. The van der Waals surface area contributed by atoms with Crippen molar-refractivity contribution in [3.8, 4) is 0 Å². The minimum atomic E-state index is -0.993. The van der Waals surface area contributed by atoms with Crippen LogP contribution in [-0.2, 0) is 4.79 Å². The van der Waals surface area contributed by atoms with E-state index in [0.29, 0.717) is 5.56 Å². The molecule has 0 atom stereocenters. The van der Waals surface area contributed by atoms with Crippen LogP contribution >= 0.6 is 0 Å². The third-order valence-electron chi connectivity index (χ3n) is 2.17. The van der Waals surface area contributed by atoms with Crippen molar-refractivity contribution in [1.29, 1.82) is 0 Å². The average molecular weight is 187 g/mol. The Morgan fingerprint density at radius 1 is 1.36 bits per heavy atom. The summed E-state index contributed by atoms with van der Waals surface area (Å²) < 4.78 is 0. The summed E-state index contributed by atoms with van der Waals surface area (Å²) in [5.74, 6) is -0.993. The fourth-order valence-corrected chi connectivity index (χ4v) is 1.45. The molecule has 14 heavy (non-hydrogen) atoms. The van der Waals surface area contributed by atoms with E-state index in [1.807, 2.05) is 18.2 Å². The standard InChI is InChI=1S/C11H9NO2/c1-7(11(13)14)9-4-2-3-8-5-6-12-10(8)9/h2-6,12H,1H2,(H,13,14). The fraction of sp³-hybridized carbons (Fsp3) is 0. The molecule has 3 heteroatoms. The second-order valence-electron chi connectivity index (χ2n) is 3.03. The zero-order valence-electron chi connectivity index (χ0n) is 7.45. The number of carboxylic acids is 1. The van der Waals surface area contributed by atoms with Gasteiger partial charge in [0, 0.05) is 11.8 Å². The molecule has 0 aliphatic carbocycles. The highest BCUT2D eigenvalue weighted by molar-refractivity contribution is 6.18. The van der Waals surface area contributed by atoms with Crippen LogP contribution in [0.2, 0.25) is 0 Å². The number of carboxylic acid groups (broad SMARTS) is 1. The Labute approximate surface area is 80.7 Å². The molecule has 2 N–H and O–H groups in total. The minimum absolute atomic E-state index is 0.109. The molecule has 2 aromatic rings. The number of hydrogen-bond acceptors (Lipinski definition) is 1. The molecule has 0 radical (unpaired) electrons. The third-order valence-corrected chi connectivity index (χ3v) is 2.17. The Hall–Kier alpha value is -2.03. The number of aromatic amines is 1. The van der Waals surface area contributed by atoms with E-state index in [4.69, 9.17) is 5.11 Å². The molecule has 0 spiro atoms. The van der Waals surface area contributed by atoms with Gasteiger partial charge in [0.15, 0.2) is 0 Å². The molecule has 0 saturated heterocycles. The van der Waals surface area contributed by atoms with Crippen LogP contribution in [0.5, 0.6) is 0 Å². The van der Waals surface area contributed by atoms with Crippen LogP contribution in [0.3, 0.4) is 0 Å². The van der Waals surface area contributed by atoms with Gasteiger partial charge >= 0.3 is 5.97 Å². The Bertz CT molecular complexity index is 511. The van der Waals surface area contributed by atoms with Crippen LogP contribution in [0.1, 0.15) is 5.56 Å². The second kappa shape index (κ2) is 3.03. The Balaban J connectivity index is 2.67. The van der Waals surface area contributed by atoms with Crippen LogP contribution in [-0.4, -0.2) is 16.1 Å². The van der Waals surface area contributed by atoms with Crippen molar-refractivity contribution in [2.75, 3.05) is 0 Å². The van der Waals surface area contributed by atoms with Gasteiger partial charge in [0.05, 0.1) is 11.1 Å². The first kappa shape index (κ1) is 8.56. The van der Waals surface area contributed by atoms with Crippen LogP contribution in [0, 0.1) is 0 Å². The number of benzene rings is 1. The lowest BCUT2D eigenvalue weighted by atomic mass is 10.1. The van der Waals surface area contributed by atoms with Gasteiger partial charge in [0.2, 0.25) is 0 Å². The molecule has 1 aromatic carbocycles. The van der Waals surface area contributed by atoms with E-state index in [0.717, 1.165) is 10.9 Å². The third kappa shape index (κ3) is 1.19. The van der Waals surface area contributed by atoms with Crippen LogP contribution in [0.25, 0.3) is 16.5 Å². The number of para-hydroxylation sites is 1. The predicted molar refractivity (Wildman–Crippen MR) is 55.0 cm³/mol. The van der Waals surface area contributed by atoms with Gasteiger partial charge in [-0.3, -0.25) is 0 Å². The van der Waals surface area contributed by atoms with Gasteiger partial charge in [0.25, 0.3) is 0 Å².